The number of rotatable bonds is 8. The summed E-state index contributed by atoms with van der Waals surface area (Å²) >= 11 is 4.77. The molecule has 7 heteroatoms. The maximum atomic E-state index is 12.2. The van der Waals surface area contributed by atoms with Crippen LogP contribution in [-0.2, 0) is 14.3 Å². The number of nitrogens with one attached hydrogen (secondary N) is 1. The lowest BCUT2D eigenvalue weighted by Crippen LogP contribution is -2.30. The number of hydrogen-bond acceptors (Lipinski definition) is 5. The van der Waals surface area contributed by atoms with Gasteiger partial charge in [-0.3, -0.25) is 14.4 Å². The second-order valence-electron chi connectivity index (χ2n) is 5.35. The molecule has 0 saturated carbocycles. The number of Topliss-reactive ketones (excluding diaryl/α,β-unsaturated/α-hetero) is 1. The first-order chi connectivity index (χ1) is 12.0. The molecule has 1 heterocycles. The summed E-state index contributed by atoms with van der Waals surface area (Å²) in [6.07, 6.45) is 0.240. The highest BCUT2D eigenvalue weighted by Gasteiger charge is 2.20. The van der Waals surface area contributed by atoms with Crippen LogP contribution in [0.4, 0.5) is 0 Å². The molecule has 0 bridgehead atoms. The van der Waals surface area contributed by atoms with E-state index < -0.39 is 12.0 Å². The Morgan fingerprint density at radius 1 is 1.16 bits per heavy atom. The number of hydrogen-bond donors (Lipinski definition) is 1. The molecule has 1 aromatic heterocycles. The summed E-state index contributed by atoms with van der Waals surface area (Å²) in [6.45, 7) is 0. The highest BCUT2D eigenvalue weighted by molar-refractivity contribution is 9.10. The Balaban J connectivity index is 1.91. The van der Waals surface area contributed by atoms with Crippen molar-refractivity contribution < 1.29 is 19.1 Å². The minimum atomic E-state index is -0.442. The van der Waals surface area contributed by atoms with Gasteiger partial charge in [-0.1, -0.05) is 34.1 Å². The summed E-state index contributed by atoms with van der Waals surface area (Å²) < 4.78 is 5.57. The summed E-state index contributed by atoms with van der Waals surface area (Å²) in [4.78, 5) is 36.7. The van der Waals surface area contributed by atoms with Crippen LogP contribution in [0.5, 0.6) is 0 Å². The lowest BCUT2D eigenvalue weighted by Gasteiger charge is -2.16. The number of esters is 1. The zero-order valence-corrected chi connectivity index (χ0v) is 16.1. The molecule has 2 rings (SSSR count). The number of benzene rings is 1. The lowest BCUT2D eigenvalue weighted by atomic mass is 10.1. The largest absolute Gasteiger partial charge is 0.469 e. The lowest BCUT2D eigenvalue weighted by molar-refractivity contribution is -0.141. The van der Waals surface area contributed by atoms with Gasteiger partial charge in [0.1, 0.15) is 0 Å². The van der Waals surface area contributed by atoms with E-state index in [4.69, 9.17) is 0 Å². The van der Waals surface area contributed by atoms with Crippen molar-refractivity contribution in [2.45, 2.75) is 25.3 Å². The topological polar surface area (TPSA) is 72.5 Å². The maximum absolute atomic E-state index is 12.2. The fourth-order valence-electron chi connectivity index (χ4n) is 2.24. The molecule has 0 fully saturated rings. The van der Waals surface area contributed by atoms with Gasteiger partial charge < -0.3 is 10.1 Å². The first kappa shape index (κ1) is 19.3. The fourth-order valence-corrected chi connectivity index (χ4v) is 3.28. The number of carbonyl (C=O) groups excluding carboxylic acids is 3. The second-order valence-corrected chi connectivity index (χ2v) is 7.24. The first-order valence-corrected chi connectivity index (χ1v) is 9.35. The Kier molecular flexibility index (Phi) is 7.33. The van der Waals surface area contributed by atoms with E-state index >= 15 is 0 Å². The molecule has 2 aromatic rings. The molecule has 132 valence electrons. The molecule has 1 atom stereocenters. The summed E-state index contributed by atoms with van der Waals surface area (Å²) in [5, 5.41) is 4.69. The molecule has 0 spiro atoms. The van der Waals surface area contributed by atoms with Gasteiger partial charge in [-0.15, -0.1) is 11.3 Å². The molecule has 5 nitrogen and oxygen atoms in total. The molecule has 1 aromatic carbocycles. The van der Waals surface area contributed by atoms with E-state index in [1.807, 2.05) is 17.5 Å². The zero-order valence-electron chi connectivity index (χ0n) is 13.7. The third-order valence-electron chi connectivity index (χ3n) is 3.57. The predicted octanol–water partition coefficient (Wildman–Crippen LogP) is 3.89. The van der Waals surface area contributed by atoms with Gasteiger partial charge >= 0.3 is 5.97 Å². The van der Waals surface area contributed by atoms with Crippen LogP contribution in [0.25, 0.3) is 0 Å². The van der Waals surface area contributed by atoms with Crippen LogP contribution in [0.2, 0.25) is 0 Å². The molecule has 25 heavy (non-hydrogen) atoms. The second kappa shape index (κ2) is 9.48. The van der Waals surface area contributed by atoms with Crippen molar-refractivity contribution in [2.24, 2.45) is 0 Å². The summed E-state index contributed by atoms with van der Waals surface area (Å²) in [5.74, 6) is -0.763. The highest BCUT2D eigenvalue weighted by atomic mass is 79.9. The highest BCUT2D eigenvalue weighted by Crippen LogP contribution is 2.22. The van der Waals surface area contributed by atoms with Crippen LogP contribution in [0.3, 0.4) is 0 Å². The standard InChI is InChI=1S/C18H18BrNO4S/c1-24-18(23)11-14(16-3-2-10-25-16)20-17(22)9-8-15(21)12-4-6-13(19)7-5-12/h2-7,10,14H,8-9,11H2,1H3,(H,20,22). The van der Waals surface area contributed by atoms with Crippen molar-refractivity contribution in [3.05, 3.63) is 56.7 Å². The van der Waals surface area contributed by atoms with E-state index in [1.165, 1.54) is 18.4 Å². The van der Waals surface area contributed by atoms with Gasteiger partial charge in [0.2, 0.25) is 5.91 Å². The molecule has 0 saturated heterocycles. The normalized spacial score (nSPS) is 11.6. The van der Waals surface area contributed by atoms with Gasteiger partial charge in [0.05, 0.1) is 19.6 Å². The summed E-state index contributed by atoms with van der Waals surface area (Å²) in [6, 6.07) is 10.3. The Morgan fingerprint density at radius 3 is 2.48 bits per heavy atom. The van der Waals surface area contributed by atoms with Crippen LogP contribution >= 0.6 is 27.3 Å². The van der Waals surface area contributed by atoms with E-state index in [1.54, 1.807) is 24.3 Å². The molecule has 1 amide bonds. The van der Waals surface area contributed by atoms with Crippen molar-refractivity contribution in [1.29, 1.82) is 0 Å². The molecule has 1 unspecified atom stereocenters. The van der Waals surface area contributed by atoms with Crippen LogP contribution in [-0.4, -0.2) is 24.8 Å². The van der Waals surface area contributed by atoms with Gasteiger partial charge in [-0.25, -0.2) is 0 Å². The Bertz CT molecular complexity index is 728. The first-order valence-electron chi connectivity index (χ1n) is 7.68. The molecule has 0 aliphatic carbocycles. The van der Waals surface area contributed by atoms with Crippen LogP contribution in [0.1, 0.15) is 40.5 Å². The minimum absolute atomic E-state index is 0.0589. The number of halogens is 1. The van der Waals surface area contributed by atoms with E-state index in [2.05, 4.69) is 26.0 Å². The molecule has 0 aliphatic rings. The van der Waals surface area contributed by atoms with Crippen molar-refractivity contribution in [2.75, 3.05) is 7.11 Å². The summed E-state index contributed by atoms with van der Waals surface area (Å²) in [7, 11) is 1.31. The third-order valence-corrected chi connectivity index (χ3v) is 5.08. The Hall–Kier alpha value is -1.99. The number of amides is 1. The monoisotopic (exact) mass is 423 g/mol. The number of methoxy groups -OCH3 is 1. The SMILES string of the molecule is COC(=O)CC(NC(=O)CCC(=O)c1ccc(Br)cc1)c1cccs1. The van der Waals surface area contributed by atoms with Gasteiger partial charge in [-0.05, 0) is 23.6 Å². The van der Waals surface area contributed by atoms with Gasteiger partial charge in [-0.2, -0.15) is 0 Å². The van der Waals surface area contributed by atoms with Crippen molar-refractivity contribution in [3.63, 3.8) is 0 Å². The smallest absolute Gasteiger partial charge is 0.307 e. The average Bonchev–Trinajstić information content (AvgIpc) is 3.14. The van der Waals surface area contributed by atoms with Crippen molar-refractivity contribution >= 4 is 44.9 Å². The van der Waals surface area contributed by atoms with Crippen LogP contribution < -0.4 is 5.32 Å². The average molecular weight is 424 g/mol. The molecule has 0 radical (unpaired) electrons. The van der Waals surface area contributed by atoms with E-state index in [9.17, 15) is 14.4 Å². The van der Waals surface area contributed by atoms with Crippen LogP contribution in [0.15, 0.2) is 46.3 Å². The fraction of sp³-hybridized carbons (Fsp3) is 0.278. The number of thiophene rings is 1. The third kappa shape index (κ3) is 6.10. The Morgan fingerprint density at radius 2 is 1.88 bits per heavy atom. The van der Waals surface area contributed by atoms with E-state index in [0.29, 0.717) is 5.56 Å². The molecular formula is C18H18BrNO4S. The van der Waals surface area contributed by atoms with Crippen molar-refractivity contribution in [1.82, 2.24) is 5.32 Å². The van der Waals surface area contributed by atoms with Crippen molar-refractivity contribution in [3.8, 4) is 0 Å². The summed E-state index contributed by atoms with van der Waals surface area (Å²) in [5.41, 5.74) is 0.570. The number of ketones is 1. The quantitative estimate of drug-likeness (QED) is 0.516. The van der Waals surface area contributed by atoms with Crippen LogP contribution in [0, 0.1) is 0 Å². The molecule has 1 N–H and O–H groups in total. The van der Waals surface area contributed by atoms with Gasteiger partial charge in [0.25, 0.3) is 0 Å². The zero-order chi connectivity index (χ0) is 18.2. The van der Waals surface area contributed by atoms with Gasteiger partial charge in [0, 0.05) is 27.8 Å². The molecule has 0 aliphatic heterocycles. The van der Waals surface area contributed by atoms with E-state index in [-0.39, 0.29) is 31.0 Å². The molecular weight excluding hydrogens is 406 g/mol. The minimum Gasteiger partial charge on any atom is -0.469 e. The van der Waals surface area contributed by atoms with E-state index in [0.717, 1.165) is 9.35 Å². The Labute approximate surface area is 158 Å². The van der Waals surface area contributed by atoms with Gasteiger partial charge in [0.15, 0.2) is 5.78 Å². The number of carbonyl (C=O) groups is 3. The maximum Gasteiger partial charge on any atom is 0.307 e. The predicted molar refractivity (Wildman–Crippen MR) is 99.5 cm³/mol. The number of ether oxygens (including phenoxy) is 1.